The van der Waals surface area contributed by atoms with Gasteiger partial charge in [0, 0.05) is 11.6 Å². The van der Waals surface area contributed by atoms with E-state index in [0.29, 0.717) is 20.6 Å². The highest BCUT2D eigenvalue weighted by Gasteiger charge is 2.06. The molecule has 0 nitrogen and oxygen atoms in total. The highest BCUT2D eigenvalue weighted by Crippen LogP contribution is 2.32. The van der Waals surface area contributed by atoms with E-state index in [4.69, 9.17) is 34.8 Å². The SMILES string of the molecule is Fc1ccc(-c2cc(Cl)[c]c(Cl)c2)c(Cl)c1. The fourth-order valence-corrected chi connectivity index (χ4v) is 2.14. The Hall–Kier alpha value is -0.760. The molecule has 0 heterocycles. The van der Waals surface area contributed by atoms with Crippen LogP contribution in [0, 0.1) is 11.9 Å². The fourth-order valence-electron chi connectivity index (χ4n) is 1.38. The van der Waals surface area contributed by atoms with Gasteiger partial charge in [0.05, 0.1) is 15.1 Å². The van der Waals surface area contributed by atoms with Gasteiger partial charge in [0.15, 0.2) is 0 Å². The van der Waals surface area contributed by atoms with Gasteiger partial charge in [-0.05, 0) is 35.9 Å². The lowest BCUT2D eigenvalue weighted by Crippen LogP contribution is -1.82. The maximum absolute atomic E-state index is 12.9. The minimum Gasteiger partial charge on any atom is -0.207 e. The van der Waals surface area contributed by atoms with Crippen molar-refractivity contribution < 1.29 is 4.39 Å². The van der Waals surface area contributed by atoms with Crippen LogP contribution < -0.4 is 0 Å². The molecular weight excluding hydrogens is 269 g/mol. The van der Waals surface area contributed by atoms with Crippen LogP contribution in [0.1, 0.15) is 0 Å². The lowest BCUT2D eigenvalue weighted by molar-refractivity contribution is 0.628. The molecule has 0 amide bonds. The average Bonchev–Trinajstić information content (AvgIpc) is 2.15. The van der Waals surface area contributed by atoms with E-state index in [1.165, 1.54) is 12.1 Å². The van der Waals surface area contributed by atoms with Crippen molar-refractivity contribution in [3.8, 4) is 11.1 Å². The molecule has 2 aromatic rings. The van der Waals surface area contributed by atoms with Crippen LogP contribution in [0.15, 0.2) is 30.3 Å². The van der Waals surface area contributed by atoms with E-state index >= 15 is 0 Å². The van der Waals surface area contributed by atoms with Crippen LogP contribution in [0.5, 0.6) is 0 Å². The molecule has 0 unspecified atom stereocenters. The highest BCUT2D eigenvalue weighted by atomic mass is 35.5. The smallest absolute Gasteiger partial charge is 0.124 e. The van der Waals surface area contributed by atoms with Crippen LogP contribution in [-0.2, 0) is 0 Å². The summed E-state index contributed by atoms with van der Waals surface area (Å²) >= 11 is 17.6. The first kappa shape index (κ1) is 11.7. The van der Waals surface area contributed by atoms with Crippen molar-refractivity contribution in [2.24, 2.45) is 0 Å². The number of hydrogen-bond donors (Lipinski definition) is 0. The van der Waals surface area contributed by atoms with Gasteiger partial charge in [-0.3, -0.25) is 0 Å². The molecule has 0 aliphatic heterocycles. The van der Waals surface area contributed by atoms with Gasteiger partial charge in [-0.25, -0.2) is 4.39 Å². The van der Waals surface area contributed by atoms with Crippen molar-refractivity contribution in [3.63, 3.8) is 0 Å². The van der Waals surface area contributed by atoms with E-state index in [-0.39, 0.29) is 5.82 Å². The first-order valence-corrected chi connectivity index (χ1v) is 5.53. The zero-order valence-electron chi connectivity index (χ0n) is 7.90. The van der Waals surface area contributed by atoms with Gasteiger partial charge in [-0.1, -0.05) is 34.8 Å². The molecule has 0 atom stereocenters. The summed E-state index contributed by atoms with van der Waals surface area (Å²) in [7, 11) is 0. The average molecular weight is 275 g/mol. The monoisotopic (exact) mass is 273 g/mol. The van der Waals surface area contributed by atoms with Crippen LogP contribution in [0.3, 0.4) is 0 Å². The van der Waals surface area contributed by atoms with E-state index in [1.807, 2.05) is 0 Å². The van der Waals surface area contributed by atoms with Crippen molar-refractivity contribution >= 4 is 34.8 Å². The normalized spacial score (nSPS) is 10.5. The Morgan fingerprint density at radius 3 is 2.12 bits per heavy atom. The second kappa shape index (κ2) is 4.62. The molecule has 0 spiro atoms. The molecule has 2 rings (SSSR count). The molecule has 0 saturated heterocycles. The Bertz CT molecular complexity index is 518. The van der Waals surface area contributed by atoms with Crippen molar-refractivity contribution in [1.29, 1.82) is 0 Å². The standard InChI is InChI=1S/C12H5Cl3F/c13-8-3-7(4-9(14)5-8)11-2-1-10(16)6-12(11)15/h1-4,6H. The number of halogens is 4. The van der Waals surface area contributed by atoms with E-state index < -0.39 is 0 Å². The van der Waals surface area contributed by atoms with E-state index in [9.17, 15) is 4.39 Å². The molecular formula is C12H5Cl3F. The van der Waals surface area contributed by atoms with Gasteiger partial charge in [0.25, 0.3) is 0 Å². The third-order valence-electron chi connectivity index (χ3n) is 2.05. The van der Waals surface area contributed by atoms with Crippen molar-refractivity contribution in [2.75, 3.05) is 0 Å². The largest absolute Gasteiger partial charge is 0.207 e. The molecule has 0 N–H and O–H groups in total. The zero-order chi connectivity index (χ0) is 11.7. The van der Waals surface area contributed by atoms with Crippen molar-refractivity contribution in [3.05, 3.63) is 57.3 Å². The minimum absolute atomic E-state index is 0.318. The Balaban J connectivity index is 2.58. The maximum Gasteiger partial charge on any atom is 0.124 e. The molecule has 0 aliphatic rings. The number of benzene rings is 2. The molecule has 0 aliphatic carbocycles. The quantitative estimate of drug-likeness (QED) is 0.666. The second-order valence-corrected chi connectivity index (χ2v) is 4.41. The van der Waals surface area contributed by atoms with Gasteiger partial charge < -0.3 is 0 Å². The summed E-state index contributed by atoms with van der Waals surface area (Å²) in [5.41, 5.74) is 1.42. The van der Waals surface area contributed by atoms with E-state index in [1.54, 1.807) is 18.2 Å². The summed E-state index contributed by atoms with van der Waals surface area (Å²) in [5.74, 6) is -0.381. The topological polar surface area (TPSA) is 0 Å². The first-order chi connectivity index (χ1) is 7.56. The highest BCUT2D eigenvalue weighted by molar-refractivity contribution is 6.35. The molecule has 81 valence electrons. The summed E-state index contributed by atoms with van der Waals surface area (Å²) in [6, 6.07) is 10.2. The van der Waals surface area contributed by atoms with Gasteiger partial charge in [-0.15, -0.1) is 0 Å². The Kier molecular flexibility index (Phi) is 3.38. The van der Waals surface area contributed by atoms with Gasteiger partial charge in [0.2, 0.25) is 0 Å². The molecule has 0 aromatic heterocycles. The first-order valence-electron chi connectivity index (χ1n) is 4.40. The lowest BCUT2D eigenvalue weighted by Gasteiger charge is -2.05. The minimum atomic E-state index is -0.381. The Labute approximate surface area is 108 Å². The molecule has 0 saturated carbocycles. The summed E-state index contributed by atoms with van der Waals surface area (Å²) in [5, 5.41) is 1.10. The van der Waals surface area contributed by atoms with Crippen LogP contribution >= 0.6 is 34.8 Å². The molecule has 16 heavy (non-hydrogen) atoms. The summed E-state index contributed by atoms with van der Waals surface area (Å²) in [6.45, 7) is 0. The summed E-state index contributed by atoms with van der Waals surface area (Å²) in [6.07, 6.45) is 0. The number of hydrogen-bond acceptors (Lipinski definition) is 0. The second-order valence-electron chi connectivity index (χ2n) is 3.19. The van der Waals surface area contributed by atoms with Crippen molar-refractivity contribution in [1.82, 2.24) is 0 Å². The van der Waals surface area contributed by atoms with Crippen LogP contribution in [0.4, 0.5) is 4.39 Å². The maximum atomic E-state index is 12.9. The van der Waals surface area contributed by atoms with Crippen LogP contribution in [-0.4, -0.2) is 0 Å². The number of rotatable bonds is 1. The Morgan fingerprint density at radius 2 is 1.56 bits per heavy atom. The van der Waals surface area contributed by atoms with E-state index in [0.717, 1.165) is 5.56 Å². The zero-order valence-corrected chi connectivity index (χ0v) is 10.2. The lowest BCUT2D eigenvalue weighted by atomic mass is 10.1. The van der Waals surface area contributed by atoms with Gasteiger partial charge in [0.1, 0.15) is 5.82 Å². The summed E-state index contributed by atoms with van der Waals surface area (Å²) < 4.78 is 12.9. The predicted molar refractivity (Wildman–Crippen MR) is 65.7 cm³/mol. The molecule has 0 fully saturated rings. The molecule has 0 bridgehead atoms. The predicted octanol–water partition coefficient (Wildman–Crippen LogP) is 5.25. The third-order valence-corrected chi connectivity index (χ3v) is 2.77. The van der Waals surface area contributed by atoms with Crippen LogP contribution in [0.25, 0.3) is 11.1 Å². The van der Waals surface area contributed by atoms with Crippen molar-refractivity contribution in [2.45, 2.75) is 0 Å². The third kappa shape index (κ3) is 2.49. The fraction of sp³-hybridized carbons (Fsp3) is 0. The van der Waals surface area contributed by atoms with E-state index in [2.05, 4.69) is 6.07 Å². The molecule has 2 aromatic carbocycles. The van der Waals surface area contributed by atoms with Crippen LogP contribution in [0.2, 0.25) is 15.1 Å². The Morgan fingerprint density at radius 1 is 0.938 bits per heavy atom. The van der Waals surface area contributed by atoms with Gasteiger partial charge >= 0.3 is 0 Å². The molecule has 4 heteroatoms. The summed E-state index contributed by atoms with van der Waals surface area (Å²) in [4.78, 5) is 0. The van der Waals surface area contributed by atoms with Gasteiger partial charge in [-0.2, -0.15) is 0 Å². The molecule has 1 radical (unpaired) electrons.